The molecule has 2 saturated heterocycles. The number of carbonyl (C=O) groups excluding carboxylic acids is 4. The van der Waals surface area contributed by atoms with Crippen LogP contribution in [0.25, 0.3) is 33.4 Å². The van der Waals surface area contributed by atoms with Gasteiger partial charge in [0.05, 0.1) is 41.4 Å². The Morgan fingerprint density at radius 1 is 1.12 bits per heavy atom. The van der Waals surface area contributed by atoms with Gasteiger partial charge >= 0.3 is 12.0 Å². The summed E-state index contributed by atoms with van der Waals surface area (Å²) in [5, 5.41) is 29.0. The third-order valence-electron chi connectivity index (χ3n) is 13.7. The molecular weight excluding hydrogens is 875 g/mol. The summed E-state index contributed by atoms with van der Waals surface area (Å²) in [6.45, 7) is 14.3. The number of nitrogens with one attached hydrogen (secondary N) is 2. The number of aryl methyl sites for hydroxylation is 1. The number of pyridine rings is 1. The second-order valence-corrected chi connectivity index (χ2v) is 20.4. The van der Waals surface area contributed by atoms with Gasteiger partial charge in [0.1, 0.15) is 12.1 Å². The van der Waals surface area contributed by atoms with E-state index in [1.54, 1.807) is 25.3 Å². The molecule has 6 bridgehead atoms. The number of likely N-dealkylation sites (tertiary alicyclic amines) is 1. The van der Waals surface area contributed by atoms with Gasteiger partial charge in [-0.3, -0.25) is 19.6 Å². The number of carbonyl (C=O) groups is 4. The zero-order chi connectivity index (χ0) is 48.4. The van der Waals surface area contributed by atoms with Crippen molar-refractivity contribution in [1.82, 2.24) is 45.0 Å². The van der Waals surface area contributed by atoms with Crippen molar-refractivity contribution in [3.05, 3.63) is 58.2 Å². The third kappa shape index (κ3) is 10.5. The van der Waals surface area contributed by atoms with Crippen LogP contribution < -0.4 is 10.7 Å². The molecule has 1 aromatic carbocycles. The number of amides is 4. The lowest BCUT2D eigenvalue weighted by Gasteiger charge is -2.41. The highest BCUT2D eigenvalue weighted by atomic mass is 32.1. The Labute approximate surface area is 397 Å². The quantitative estimate of drug-likeness (QED) is 0.148. The number of aromatic nitrogens is 3. The number of hydrogen-bond acceptors (Lipinski definition) is 13. The lowest BCUT2D eigenvalue weighted by Crippen LogP contribution is -2.67. The van der Waals surface area contributed by atoms with Gasteiger partial charge in [-0.1, -0.05) is 33.8 Å². The average molecular weight is 944 g/mol. The van der Waals surface area contributed by atoms with Crippen molar-refractivity contribution < 1.29 is 38.9 Å². The maximum Gasteiger partial charge on any atom is 0.355 e. The predicted octanol–water partition coefficient (Wildman–Crippen LogP) is 4.99. The van der Waals surface area contributed by atoms with Crippen LogP contribution in [0.3, 0.4) is 0 Å². The molecule has 7 rings (SSSR count). The second kappa shape index (κ2) is 20.7. The Balaban J connectivity index is 1.25. The number of aliphatic hydroxyl groups is 2. The molecule has 0 aliphatic carbocycles. The number of piperidine rings is 1. The summed E-state index contributed by atoms with van der Waals surface area (Å²) >= 11 is 1.37. The molecule has 67 heavy (non-hydrogen) atoms. The van der Waals surface area contributed by atoms with Crippen molar-refractivity contribution in [2.45, 2.75) is 117 Å². The van der Waals surface area contributed by atoms with Crippen LogP contribution in [0, 0.1) is 11.3 Å². The molecule has 4 amide bonds. The van der Waals surface area contributed by atoms with Crippen LogP contribution in [0.15, 0.2) is 41.9 Å². The van der Waals surface area contributed by atoms with Crippen LogP contribution in [0.4, 0.5) is 4.79 Å². The number of benzene rings is 1. The molecule has 2 fully saturated rings. The van der Waals surface area contributed by atoms with Gasteiger partial charge < -0.3 is 44.3 Å². The van der Waals surface area contributed by atoms with Crippen molar-refractivity contribution >= 4 is 46.1 Å². The highest BCUT2D eigenvalue weighted by Crippen LogP contribution is 2.42. The van der Waals surface area contributed by atoms with Gasteiger partial charge in [-0.15, -0.1) is 11.3 Å². The third-order valence-corrected chi connectivity index (χ3v) is 14.6. The predicted molar refractivity (Wildman–Crippen MR) is 257 cm³/mol. The van der Waals surface area contributed by atoms with Crippen LogP contribution in [0.5, 0.6) is 0 Å². The van der Waals surface area contributed by atoms with E-state index in [9.17, 15) is 29.4 Å². The second-order valence-electron chi connectivity index (χ2n) is 19.5. The summed E-state index contributed by atoms with van der Waals surface area (Å²) in [6.07, 6.45) is 3.75. The molecule has 0 spiro atoms. The van der Waals surface area contributed by atoms with Crippen LogP contribution >= 0.6 is 11.3 Å². The fraction of sp³-hybridized carbons (Fsp3) is 0.592. The van der Waals surface area contributed by atoms with Crippen molar-refractivity contribution in [2.24, 2.45) is 11.3 Å². The molecule has 3 aliphatic heterocycles. The maximum atomic E-state index is 14.7. The lowest BCUT2D eigenvalue weighted by atomic mass is 9.84. The van der Waals surface area contributed by atoms with Crippen LogP contribution in [0.1, 0.15) is 89.6 Å². The Hall–Kier alpha value is -4.98. The number of ether oxygens (including phenoxy) is 2. The van der Waals surface area contributed by atoms with Gasteiger partial charge in [0, 0.05) is 105 Å². The van der Waals surface area contributed by atoms with Crippen molar-refractivity contribution in [1.29, 1.82) is 0 Å². The zero-order valence-electron chi connectivity index (χ0n) is 40.5. The van der Waals surface area contributed by atoms with E-state index in [-0.39, 0.29) is 63.1 Å². The Kier molecular flexibility index (Phi) is 15.4. The van der Waals surface area contributed by atoms with Gasteiger partial charge in [-0.25, -0.2) is 14.6 Å². The molecule has 17 nitrogen and oxygen atoms in total. The number of methoxy groups -OCH3 is 1. The number of esters is 1. The van der Waals surface area contributed by atoms with E-state index < -0.39 is 41.0 Å². The molecule has 4 N–H and O–H groups in total. The number of hydrazine groups is 1. The molecule has 3 aromatic heterocycles. The van der Waals surface area contributed by atoms with Crippen LogP contribution in [-0.4, -0.2) is 153 Å². The van der Waals surface area contributed by atoms with E-state index in [0.717, 1.165) is 51.8 Å². The Morgan fingerprint density at radius 2 is 1.87 bits per heavy atom. The standard InChI is InChI=1S/C49H69N9O8S/c1-10-57-39-15-14-32-25-35(39)36(43(57)34-13-11-19-50-41(34)31(4)65-9)27-48(5,6)29-66-46(62)49(64)18-12-20-58(53-49)45(61)37(26-40-51-38(32)28-67-40)52-44(60)42(30(2)3)55(8)47(63)56-21-16-33(17-22-56)54(7)23-24-59/h11,13-15,19,25,28,30-31,33,37,42,53,59,64H,10,12,16-18,20-24,26-27,29H2,1-9H3,(H,52,60)/t31-,37-,42-,49-/m0/s1. The van der Waals surface area contributed by atoms with Gasteiger partial charge in [0.2, 0.25) is 11.6 Å². The van der Waals surface area contributed by atoms with Crippen molar-refractivity contribution in [3.63, 3.8) is 0 Å². The molecule has 364 valence electrons. The first-order valence-electron chi connectivity index (χ1n) is 23.6. The number of rotatable bonds is 11. The lowest BCUT2D eigenvalue weighted by molar-refractivity contribution is -0.189. The number of likely N-dealkylation sites (N-methyl/N-ethyl adjacent to an activating group) is 2. The average Bonchev–Trinajstić information content (AvgIpc) is 3.91. The summed E-state index contributed by atoms with van der Waals surface area (Å²) in [5.74, 6) is -2.31. The summed E-state index contributed by atoms with van der Waals surface area (Å²) in [6, 6.07) is 8.13. The minimum Gasteiger partial charge on any atom is -0.462 e. The fourth-order valence-electron chi connectivity index (χ4n) is 9.97. The van der Waals surface area contributed by atoms with Crippen molar-refractivity contribution in [2.75, 3.05) is 60.6 Å². The first kappa shape index (κ1) is 49.9. The van der Waals surface area contributed by atoms with E-state index >= 15 is 0 Å². The minimum absolute atomic E-state index is 0.00140. The fourth-order valence-corrected chi connectivity index (χ4v) is 10.8. The number of thiazole rings is 1. The monoisotopic (exact) mass is 943 g/mol. The number of cyclic esters (lactones) is 1. The molecule has 0 saturated carbocycles. The molecule has 6 heterocycles. The number of hydrogen-bond donors (Lipinski definition) is 4. The molecule has 3 aliphatic rings. The molecule has 4 aromatic rings. The normalized spacial score (nSPS) is 21.6. The SMILES string of the molecule is CCn1c(-c2cccnc2[C@H](C)OC)c2c3cc(ccc31)-c1csc(n1)C[C@H](NC(=O)[C@H](C(C)C)N(C)C(=O)N1CCC(N(C)CCO)CC1)C(=O)N1CCC[C@@](O)(N1)C(=O)OCC(C)(C)C2. The zero-order valence-corrected chi connectivity index (χ0v) is 41.3. The maximum absolute atomic E-state index is 14.7. The van der Waals surface area contributed by atoms with Crippen LogP contribution in [-0.2, 0) is 43.2 Å². The summed E-state index contributed by atoms with van der Waals surface area (Å²) in [7, 11) is 5.25. The van der Waals surface area contributed by atoms with Gasteiger partial charge in [0.15, 0.2) is 0 Å². The van der Waals surface area contributed by atoms with E-state index in [4.69, 9.17) is 19.4 Å². The molecule has 0 unspecified atom stereocenters. The van der Waals surface area contributed by atoms with Gasteiger partial charge in [0.25, 0.3) is 5.91 Å². The largest absolute Gasteiger partial charge is 0.462 e. The smallest absolute Gasteiger partial charge is 0.355 e. The summed E-state index contributed by atoms with van der Waals surface area (Å²) in [4.78, 5) is 72.3. The van der Waals surface area contributed by atoms with E-state index in [2.05, 4.69) is 45.3 Å². The Bertz CT molecular complexity index is 2430. The summed E-state index contributed by atoms with van der Waals surface area (Å²) in [5.41, 5.74) is 6.32. The first-order valence-corrected chi connectivity index (χ1v) is 24.5. The first-order chi connectivity index (χ1) is 31.9. The molecular formula is C49H69N9O8S. The van der Waals surface area contributed by atoms with Crippen LogP contribution in [0.2, 0.25) is 0 Å². The number of fused-ring (bicyclic) bond motifs is 6. The highest BCUT2D eigenvalue weighted by molar-refractivity contribution is 7.10. The Morgan fingerprint density at radius 3 is 2.55 bits per heavy atom. The topological polar surface area (TPSA) is 195 Å². The van der Waals surface area contributed by atoms with Crippen molar-refractivity contribution in [3.8, 4) is 22.5 Å². The van der Waals surface area contributed by atoms with E-state index in [0.29, 0.717) is 43.3 Å². The number of urea groups is 1. The van der Waals surface area contributed by atoms with Gasteiger partial charge in [-0.05, 0) is 82.3 Å². The number of nitrogens with zero attached hydrogens (tertiary/aromatic N) is 7. The molecule has 4 atom stereocenters. The minimum atomic E-state index is -2.22. The summed E-state index contributed by atoms with van der Waals surface area (Å²) < 4.78 is 14.1. The van der Waals surface area contributed by atoms with E-state index in [1.807, 2.05) is 59.2 Å². The van der Waals surface area contributed by atoms with Gasteiger partial charge in [-0.2, -0.15) is 5.43 Å². The van der Waals surface area contributed by atoms with E-state index in [1.165, 1.54) is 21.2 Å². The molecule has 18 heteroatoms. The number of aliphatic hydroxyl groups excluding tert-OH is 1. The molecule has 0 radical (unpaired) electrons. The highest BCUT2D eigenvalue weighted by Gasteiger charge is 2.46.